The Balaban J connectivity index is 1.84. The predicted octanol–water partition coefficient (Wildman–Crippen LogP) is 3.08. The van der Waals surface area contributed by atoms with Gasteiger partial charge in [0, 0.05) is 11.3 Å². The average Bonchev–Trinajstić information content (AvgIpc) is 3.10. The number of sulfonamides is 1. The lowest BCUT2D eigenvalue weighted by atomic mass is 10.1. The second-order valence-corrected chi connectivity index (χ2v) is 6.91. The van der Waals surface area contributed by atoms with Crippen LogP contribution in [0.4, 0.5) is 5.69 Å². The van der Waals surface area contributed by atoms with Gasteiger partial charge in [-0.05, 0) is 36.8 Å². The summed E-state index contributed by atoms with van der Waals surface area (Å²) >= 11 is 0. The van der Waals surface area contributed by atoms with Gasteiger partial charge in [-0.2, -0.15) is 0 Å². The number of imidazole rings is 1. The molecule has 0 bridgehead atoms. The van der Waals surface area contributed by atoms with Gasteiger partial charge >= 0.3 is 0 Å². The number of rotatable bonds is 5. The minimum absolute atomic E-state index is 0.0489. The van der Waals surface area contributed by atoms with Crippen LogP contribution in [0.1, 0.15) is 17.3 Å². The van der Waals surface area contributed by atoms with Crippen LogP contribution < -0.4 is 4.72 Å². The predicted molar refractivity (Wildman–Crippen MR) is 91.3 cm³/mol. The molecule has 0 aliphatic carbocycles. The number of nitrogens with one attached hydrogen (secondary N) is 2. The molecular formula is C17H15N3O3S. The number of aromatic nitrogens is 2. The van der Waals surface area contributed by atoms with Gasteiger partial charge in [-0.1, -0.05) is 24.3 Å². The van der Waals surface area contributed by atoms with Crippen molar-refractivity contribution in [3.8, 4) is 11.3 Å². The maximum absolute atomic E-state index is 12.5. The topological polar surface area (TPSA) is 91.9 Å². The molecule has 122 valence electrons. The zero-order chi connectivity index (χ0) is 17.2. The van der Waals surface area contributed by atoms with Crippen molar-refractivity contribution in [2.45, 2.75) is 11.8 Å². The Bertz CT molecular complexity index is 963. The molecule has 0 saturated carbocycles. The Morgan fingerprint density at radius 3 is 2.50 bits per heavy atom. The summed E-state index contributed by atoms with van der Waals surface area (Å²) in [7, 11) is -3.76. The maximum atomic E-state index is 12.5. The SMILES string of the molecule is CC(=O)c1cccc(S(=O)(=O)Nc2ccc(-c3cnc[nH]3)cc2)c1. The fourth-order valence-corrected chi connectivity index (χ4v) is 3.33. The third-order valence-corrected chi connectivity index (χ3v) is 4.88. The highest BCUT2D eigenvalue weighted by Gasteiger charge is 2.15. The van der Waals surface area contributed by atoms with Crippen LogP contribution in [0.5, 0.6) is 0 Å². The Morgan fingerprint density at radius 1 is 1.12 bits per heavy atom. The number of nitrogens with zero attached hydrogens (tertiary/aromatic N) is 1. The molecule has 3 aromatic rings. The monoisotopic (exact) mass is 341 g/mol. The van der Waals surface area contributed by atoms with Crippen molar-refractivity contribution in [3.05, 3.63) is 66.6 Å². The van der Waals surface area contributed by atoms with Crippen LogP contribution >= 0.6 is 0 Å². The van der Waals surface area contributed by atoms with E-state index in [0.29, 0.717) is 11.3 Å². The van der Waals surface area contributed by atoms with E-state index in [1.54, 1.807) is 48.9 Å². The Morgan fingerprint density at radius 2 is 1.88 bits per heavy atom. The highest BCUT2D eigenvalue weighted by molar-refractivity contribution is 7.92. The number of hydrogen-bond acceptors (Lipinski definition) is 4. The quantitative estimate of drug-likeness (QED) is 0.698. The van der Waals surface area contributed by atoms with Gasteiger partial charge in [-0.25, -0.2) is 13.4 Å². The number of hydrogen-bond donors (Lipinski definition) is 2. The molecule has 0 aliphatic heterocycles. The lowest BCUT2D eigenvalue weighted by Gasteiger charge is -2.09. The summed E-state index contributed by atoms with van der Waals surface area (Å²) < 4.78 is 27.4. The molecule has 0 spiro atoms. The van der Waals surface area contributed by atoms with Crippen LogP contribution in [0.15, 0.2) is 66.0 Å². The van der Waals surface area contributed by atoms with Gasteiger partial charge in [-0.3, -0.25) is 9.52 Å². The van der Waals surface area contributed by atoms with Crippen molar-refractivity contribution in [3.63, 3.8) is 0 Å². The van der Waals surface area contributed by atoms with E-state index in [2.05, 4.69) is 14.7 Å². The molecule has 24 heavy (non-hydrogen) atoms. The molecule has 0 amide bonds. The second-order valence-electron chi connectivity index (χ2n) is 5.23. The van der Waals surface area contributed by atoms with Crippen LogP contribution in [0.2, 0.25) is 0 Å². The molecule has 0 fully saturated rings. The summed E-state index contributed by atoms with van der Waals surface area (Å²) in [5.41, 5.74) is 2.53. The molecule has 3 rings (SSSR count). The highest BCUT2D eigenvalue weighted by Crippen LogP contribution is 2.21. The molecule has 0 saturated heterocycles. The Labute approximate surface area is 139 Å². The average molecular weight is 341 g/mol. The maximum Gasteiger partial charge on any atom is 0.261 e. The first-order chi connectivity index (χ1) is 11.5. The molecule has 0 radical (unpaired) electrons. The number of ketones is 1. The van der Waals surface area contributed by atoms with Gasteiger partial charge in [0.05, 0.1) is 23.1 Å². The highest BCUT2D eigenvalue weighted by atomic mass is 32.2. The van der Waals surface area contributed by atoms with E-state index in [4.69, 9.17) is 0 Å². The van der Waals surface area contributed by atoms with Gasteiger partial charge < -0.3 is 4.98 Å². The van der Waals surface area contributed by atoms with Gasteiger partial charge in [0.2, 0.25) is 0 Å². The number of aromatic amines is 1. The van der Waals surface area contributed by atoms with Crippen LogP contribution in [0, 0.1) is 0 Å². The number of H-pyrrole nitrogens is 1. The minimum atomic E-state index is -3.76. The first-order valence-corrected chi connectivity index (χ1v) is 8.67. The largest absolute Gasteiger partial charge is 0.345 e. The van der Waals surface area contributed by atoms with Crippen LogP contribution in [-0.4, -0.2) is 24.2 Å². The van der Waals surface area contributed by atoms with E-state index in [1.807, 2.05) is 0 Å². The van der Waals surface area contributed by atoms with Crippen LogP contribution in [-0.2, 0) is 10.0 Å². The van der Waals surface area contributed by atoms with Gasteiger partial charge in [-0.15, -0.1) is 0 Å². The molecule has 0 atom stereocenters. The first kappa shape index (κ1) is 15.9. The lowest BCUT2D eigenvalue weighted by molar-refractivity contribution is 0.101. The Kier molecular flexibility index (Phi) is 4.18. The molecule has 2 N–H and O–H groups in total. The number of benzene rings is 2. The number of Topliss-reactive ketones (excluding diaryl/α,β-unsaturated/α-hetero) is 1. The fourth-order valence-electron chi connectivity index (χ4n) is 2.23. The lowest BCUT2D eigenvalue weighted by Crippen LogP contribution is -2.13. The van der Waals surface area contributed by atoms with Crippen molar-refractivity contribution in [2.75, 3.05) is 4.72 Å². The summed E-state index contributed by atoms with van der Waals surface area (Å²) in [5.74, 6) is -0.184. The third kappa shape index (κ3) is 3.36. The summed E-state index contributed by atoms with van der Waals surface area (Å²) in [4.78, 5) is 18.4. The molecule has 2 aromatic carbocycles. The third-order valence-electron chi connectivity index (χ3n) is 3.50. The molecule has 7 heteroatoms. The van der Waals surface area contributed by atoms with Gasteiger partial charge in [0.1, 0.15) is 0 Å². The zero-order valence-corrected chi connectivity index (χ0v) is 13.7. The van der Waals surface area contributed by atoms with E-state index in [1.165, 1.54) is 19.1 Å². The fraction of sp³-hybridized carbons (Fsp3) is 0.0588. The summed E-state index contributed by atoms with van der Waals surface area (Å²) in [5, 5.41) is 0. The van der Waals surface area contributed by atoms with Crippen molar-refractivity contribution in [2.24, 2.45) is 0 Å². The molecule has 1 heterocycles. The van der Waals surface area contributed by atoms with E-state index in [0.717, 1.165) is 11.3 Å². The molecule has 0 unspecified atom stereocenters. The van der Waals surface area contributed by atoms with Crippen LogP contribution in [0.25, 0.3) is 11.3 Å². The zero-order valence-electron chi connectivity index (χ0n) is 12.9. The van der Waals surface area contributed by atoms with Crippen molar-refractivity contribution >= 4 is 21.5 Å². The molecule has 0 aliphatic rings. The smallest absolute Gasteiger partial charge is 0.261 e. The van der Waals surface area contributed by atoms with E-state index >= 15 is 0 Å². The normalized spacial score (nSPS) is 11.2. The van der Waals surface area contributed by atoms with Gasteiger partial charge in [0.15, 0.2) is 5.78 Å². The number of carbonyl (C=O) groups excluding carboxylic acids is 1. The summed E-state index contributed by atoms with van der Waals surface area (Å²) in [6.07, 6.45) is 3.26. The van der Waals surface area contributed by atoms with E-state index in [-0.39, 0.29) is 10.7 Å². The van der Waals surface area contributed by atoms with Crippen molar-refractivity contribution < 1.29 is 13.2 Å². The molecule has 1 aromatic heterocycles. The first-order valence-electron chi connectivity index (χ1n) is 7.18. The second kappa shape index (κ2) is 6.29. The van der Waals surface area contributed by atoms with Crippen molar-refractivity contribution in [1.29, 1.82) is 0 Å². The van der Waals surface area contributed by atoms with Gasteiger partial charge in [0.25, 0.3) is 10.0 Å². The minimum Gasteiger partial charge on any atom is -0.345 e. The number of anilines is 1. The van der Waals surface area contributed by atoms with E-state index in [9.17, 15) is 13.2 Å². The van der Waals surface area contributed by atoms with E-state index < -0.39 is 10.0 Å². The van der Waals surface area contributed by atoms with Crippen molar-refractivity contribution in [1.82, 2.24) is 9.97 Å². The van der Waals surface area contributed by atoms with Crippen LogP contribution in [0.3, 0.4) is 0 Å². The summed E-state index contributed by atoms with van der Waals surface area (Å²) in [6.45, 7) is 1.40. The standard InChI is InChI=1S/C17H15N3O3S/c1-12(21)14-3-2-4-16(9-14)24(22,23)20-15-7-5-13(6-8-15)17-10-18-11-19-17/h2-11,20H,1H3,(H,18,19). The molecule has 6 nitrogen and oxygen atoms in total. The Hall–Kier alpha value is -2.93. The summed E-state index contributed by atoms with van der Waals surface area (Å²) in [6, 6.07) is 12.9. The molecular weight excluding hydrogens is 326 g/mol. The number of carbonyl (C=O) groups is 1.